The van der Waals surface area contributed by atoms with Gasteiger partial charge in [-0.1, -0.05) is 80.2 Å². The third-order valence-corrected chi connectivity index (χ3v) is 6.04. The van der Waals surface area contributed by atoms with Gasteiger partial charge in [-0.05, 0) is 66.8 Å². The highest BCUT2D eigenvalue weighted by Gasteiger charge is 2.18. The van der Waals surface area contributed by atoms with Gasteiger partial charge in [-0.2, -0.15) is 0 Å². The fraction of sp³-hybridized carbons (Fsp3) is 0.455. The fourth-order valence-corrected chi connectivity index (χ4v) is 3.97. The zero-order chi connectivity index (χ0) is 19.4. The van der Waals surface area contributed by atoms with Crippen molar-refractivity contribution in [2.24, 2.45) is 11.8 Å². The van der Waals surface area contributed by atoms with Crippen LogP contribution in [-0.4, -0.2) is 0 Å². The molecule has 0 nitrogen and oxygen atoms in total. The predicted molar refractivity (Wildman–Crippen MR) is 118 cm³/mol. The number of hydrogen-bond donors (Lipinski definition) is 0. The molecule has 0 aliphatic rings. The Morgan fingerprint density at radius 2 is 1.27 bits per heavy atom. The van der Waals surface area contributed by atoms with Crippen molar-refractivity contribution < 1.29 is 0 Å². The Labute approximate surface area is 177 Å². The van der Waals surface area contributed by atoms with Crippen LogP contribution in [0.3, 0.4) is 0 Å². The van der Waals surface area contributed by atoms with Crippen molar-refractivity contribution in [1.29, 1.82) is 0 Å². The van der Waals surface area contributed by atoms with Gasteiger partial charge in [-0.25, -0.2) is 0 Å². The molecule has 0 radical (unpaired) electrons. The van der Waals surface area contributed by atoms with E-state index in [-0.39, 0.29) is 0 Å². The molecule has 0 bridgehead atoms. The molecule has 0 amide bonds. The van der Waals surface area contributed by atoms with E-state index >= 15 is 0 Å². The van der Waals surface area contributed by atoms with E-state index in [1.165, 1.54) is 5.56 Å². The number of halogens is 4. The Kier molecular flexibility index (Phi) is 8.16. The van der Waals surface area contributed by atoms with Crippen LogP contribution in [0.4, 0.5) is 0 Å². The van der Waals surface area contributed by atoms with Crippen molar-refractivity contribution in [3.63, 3.8) is 0 Å². The quantitative estimate of drug-likeness (QED) is 0.409. The molecular formula is C22H26Cl4. The summed E-state index contributed by atoms with van der Waals surface area (Å²) >= 11 is 26.0. The van der Waals surface area contributed by atoms with Crippen LogP contribution in [0.1, 0.15) is 51.7 Å². The zero-order valence-corrected chi connectivity index (χ0v) is 18.8. The summed E-state index contributed by atoms with van der Waals surface area (Å²) in [5, 5.41) is 2.43. The van der Waals surface area contributed by atoms with E-state index in [1.807, 2.05) is 12.1 Å². The van der Waals surface area contributed by atoms with E-state index < -0.39 is 0 Å². The Morgan fingerprint density at radius 3 is 1.85 bits per heavy atom. The molecular weight excluding hydrogens is 406 g/mol. The van der Waals surface area contributed by atoms with E-state index in [0.29, 0.717) is 31.9 Å². The zero-order valence-electron chi connectivity index (χ0n) is 15.8. The van der Waals surface area contributed by atoms with Crippen molar-refractivity contribution in [3.05, 3.63) is 55.5 Å². The molecule has 0 unspecified atom stereocenters. The molecule has 0 aliphatic heterocycles. The van der Waals surface area contributed by atoms with E-state index in [4.69, 9.17) is 46.4 Å². The largest absolute Gasteiger partial charge is 0.0840 e. The number of rotatable bonds is 7. The Morgan fingerprint density at radius 1 is 0.692 bits per heavy atom. The minimum atomic E-state index is 0.546. The lowest BCUT2D eigenvalue weighted by Gasteiger charge is -2.17. The van der Waals surface area contributed by atoms with Gasteiger partial charge in [0, 0.05) is 21.2 Å². The summed E-state index contributed by atoms with van der Waals surface area (Å²) in [5.41, 5.74) is 4.13. The summed E-state index contributed by atoms with van der Waals surface area (Å²) < 4.78 is 0. The minimum absolute atomic E-state index is 0.546. The first-order valence-electron chi connectivity index (χ1n) is 9.15. The van der Waals surface area contributed by atoms with Crippen LogP contribution in [0.5, 0.6) is 0 Å². The molecule has 0 atom stereocenters. The standard InChI is InChI=1S/C22H26Cl4/c1-13(2)5-7-15-9-10-18(23)22(26)21(15)17-11-16(8-6-14(3)4)19(24)12-20(17)25/h9-14H,5-8H2,1-4H3. The molecule has 0 N–H and O–H groups in total. The van der Waals surface area contributed by atoms with Gasteiger partial charge in [-0.3, -0.25) is 0 Å². The molecule has 142 valence electrons. The summed E-state index contributed by atoms with van der Waals surface area (Å²) in [5.74, 6) is 1.22. The topological polar surface area (TPSA) is 0 Å². The van der Waals surface area contributed by atoms with Crippen LogP contribution in [0.25, 0.3) is 11.1 Å². The average molecular weight is 432 g/mol. The summed E-state index contributed by atoms with van der Waals surface area (Å²) in [6.07, 6.45) is 4.00. The molecule has 2 aromatic carbocycles. The van der Waals surface area contributed by atoms with Crippen molar-refractivity contribution in [2.45, 2.75) is 53.4 Å². The van der Waals surface area contributed by atoms with E-state index in [0.717, 1.165) is 42.4 Å². The first-order chi connectivity index (χ1) is 12.2. The maximum absolute atomic E-state index is 6.62. The third kappa shape index (κ3) is 5.55. The first-order valence-corrected chi connectivity index (χ1v) is 10.7. The van der Waals surface area contributed by atoms with Crippen LogP contribution in [0.15, 0.2) is 24.3 Å². The Balaban J connectivity index is 2.55. The summed E-state index contributed by atoms with van der Waals surface area (Å²) in [6, 6.07) is 7.85. The van der Waals surface area contributed by atoms with Crippen LogP contribution in [0.2, 0.25) is 20.1 Å². The van der Waals surface area contributed by atoms with Crippen molar-refractivity contribution in [2.75, 3.05) is 0 Å². The third-order valence-electron chi connectivity index (χ3n) is 4.57. The second-order valence-corrected chi connectivity index (χ2v) is 9.28. The molecule has 0 saturated carbocycles. The van der Waals surface area contributed by atoms with Gasteiger partial charge in [-0.15, -0.1) is 0 Å². The molecule has 0 saturated heterocycles. The lowest BCUT2D eigenvalue weighted by Crippen LogP contribution is -1.99. The van der Waals surface area contributed by atoms with Gasteiger partial charge in [0.1, 0.15) is 0 Å². The molecule has 0 aromatic heterocycles. The second-order valence-electron chi connectivity index (χ2n) is 7.68. The van der Waals surface area contributed by atoms with Gasteiger partial charge < -0.3 is 0 Å². The highest BCUT2D eigenvalue weighted by atomic mass is 35.5. The van der Waals surface area contributed by atoms with Crippen LogP contribution < -0.4 is 0 Å². The fourth-order valence-electron chi connectivity index (χ4n) is 2.96. The predicted octanol–water partition coefficient (Wildman–Crippen LogP) is 9.14. The number of benzene rings is 2. The van der Waals surface area contributed by atoms with Gasteiger partial charge in [0.2, 0.25) is 0 Å². The molecule has 0 heterocycles. The average Bonchev–Trinajstić information content (AvgIpc) is 2.55. The second kappa shape index (κ2) is 9.69. The van der Waals surface area contributed by atoms with Gasteiger partial charge in [0.25, 0.3) is 0 Å². The molecule has 0 spiro atoms. The number of aryl methyl sites for hydroxylation is 2. The maximum Gasteiger partial charge on any atom is 0.0673 e. The molecule has 0 fully saturated rings. The monoisotopic (exact) mass is 430 g/mol. The van der Waals surface area contributed by atoms with Crippen molar-refractivity contribution in [3.8, 4) is 11.1 Å². The molecule has 2 rings (SSSR count). The van der Waals surface area contributed by atoms with Gasteiger partial charge in [0.05, 0.1) is 10.0 Å². The smallest absolute Gasteiger partial charge is 0.0673 e. The summed E-state index contributed by atoms with van der Waals surface area (Å²) in [7, 11) is 0. The summed E-state index contributed by atoms with van der Waals surface area (Å²) in [4.78, 5) is 0. The normalized spacial score (nSPS) is 11.6. The van der Waals surface area contributed by atoms with E-state index in [1.54, 1.807) is 0 Å². The molecule has 0 aliphatic carbocycles. The lowest BCUT2D eigenvalue weighted by atomic mass is 9.92. The first kappa shape index (κ1) is 21.9. The van der Waals surface area contributed by atoms with Crippen LogP contribution in [-0.2, 0) is 12.8 Å². The molecule has 26 heavy (non-hydrogen) atoms. The van der Waals surface area contributed by atoms with Gasteiger partial charge >= 0.3 is 0 Å². The minimum Gasteiger partial charge on any atom is -0.0840 e. The Hall–Kier alpha value is -0.400. The van der Waals surface area contributed by atoms with Crippen molar-refractivity contribution in [1.82, 2.24) is 0 Å². The molecule has 2 aromatic rings. The highest BCUT2D eigenvalue weighted by Crippen LogP contribution is 2.42. The van der Waals surface area contributed by atoms with Gasteiger partial charge in [0.15, 0.2) is 0 Å². The SMILES string of the molecule is CC(C)CCc1cc(-c2c(CCC(C)C)ccc(Cl)c2Cl)c(Cl)cc1Cl. The maximum atomic E-state index is 6.62. The summed E-state index contributed by atoms with van der Waals surface area (Å²) in [6.45, 7) is 8.86. The Bertz CT molecular complexity index is 763. The van der Waals surface area contributed by atoms with E-state index in [9.17, 15) is 0 Å². The lowest BCUT2D eigenvalue weighted by molar-refractivity contribution is 0.586. The van der Waals surface area contributed by atoms with Crippen LogP contribution >= 0.6 is 46.4 Å². The number of hydrogen-bond acceptors (Lipinski definition) is 0. The van der Waals surface area contributed by atoms with Crippen LogP contribution in [0, 0.1) is 11.8 Å². The highest BCUT2D eigenvalue weighted by molar-refractivity contribution is 6.44. The molecule has 4 heteroatoms. The van der Waals surface area contributed by atoms with E-state index in [2.05, 4.69) is 39.8 Å². The van der Waals surface area contributed by atoms with Crippen molar-refractivity contribution >= 4 is 46.4 Å².